The van der Waals surface area contributed by atoms with Crippen LogP contribution in [0.25, 0.3) is 0 Å². The molecule has 1 aliphatic carbocycles. The van der Waals surface area contributed by atoms with Gasteiger partial charge in [-0.3, -0.25) is 0 Å². The minimum Gasteiger partial charge on any atom is -0.437 e. The van der Waals surface area contributed by atoms with E-state index in [1.807, 2.05) is 12.1 Å². The lowest BCUT2D eigenvalue weighted by Crippen LogP contribution is -2.16. The number of ether oxygens (including phenoxy) is 1. The van der Waals surface area contributed by atoms with Crippen LogP contribution in [-0.2, 0) is 6.54 Å². The van der Waals surface area contributed by atoms with Crippen molar-refractivity contribution < 1.29 is 4.74 Å². The third kappa shape index (κ3) is 3.42. The lowest BCUT2D eigenvalue weighted by atomic mass is 10.2. The largest absolute Gasteiger partial charge is 0.437 e. The Balaban J connectivity index is 1.80. The van der Waals surface area contributed by atoms with Crippen LogP contribution in [-0.4, -0.2) is 11.0 Å². The summed E-state index contributed by atoms with van der Waals surface area (Å²) in [7, 11) is 0. The number of aromatic nitrogens is 1. The molecule has 1 aliphatic rings. The van der Waals surface area contributed by atoms with Crippen LogP contribution in [0.3, 0.4) is 0 Å². The van der Waals surface area contributed by atoms with Crippen LogP contribution in [0.5, 0.6) is 11.6 Å². The van der Waals surface area contributed by atoms with Crippen LogP contribution in [0.4, 0.5) is 0 Å². The van der Waals surface area contributed by atoms with Crippen LogP contribution in [0.15, 0.2) is 36.5 Å². The first-order valence-corrected chi connectivity index (χ1v) is 7.28. The van der Waals surface area contributed by atoms with E-state index >= 15 is 0 Å². The van der Waals surface area contributed by atoms with Crippen molar-refractivity contribution >= 4 is 23.2 Å². The number of halogens is 2. The van der Waals surface area contributed by atoms with Gasteiger partial charge in [-0.05, 0) is 31.0 Å². The number of rotatable bonds is 5. The second kappa shape index (κ2) is 6.00. The maximum Gasteiger partial charge on any atom is 0.223 e. The van der Waals surface area contributed by atoms with Gasteiger partial charge in [0.15, 0.2) is 0 Å². The standard InChI is InChI=1S/C15H14Cl2N2O/c16-11-3-6-13(17)14(8-11)20-15-10(2-1-7-18-15)9-19-12-4-5-12/h1-3,6-8,12,19H,4-5,9H2. The van der Waals surface area contributed by atoms with E-state index in [2.05, 4.69) is 10.3 Å². The number of hydrogen-bond donors (Lipinski definition) is 1. The molecule has 1 heterocycles. The van der Waals surface area contributed by atoms with Gasteiger partial charge in [-0.2, -0.15) is 0 Å². The van der Waals surface area contributed by atoms with E-state index in [9.17, 15) is 0 Å². The normalized spacial score (nSPS) is 14.3. The molecule has 0 bridgehead atoms. The maximum absolute atomic E-state index is 6.11. The lowest BCUT2D eigenvalue weighted by Gasteiger charge is -2.11. The molecule has 1 aromatic heterocycles. The van der Waals surface area contributed by atoms with Crippen molar-refractivity contribution in [2.24, 2.45) is 0 Å². The summed E-state index contributed by atoms with van der Waals surface area (Å²) >= 11 is 12.1. The third-order valence-corrected chi connectivity index (χ3v) is 3.66. The van der Waals surface area contributed by atoms with Gasteiger partial charge in [0.05, 0.1) is 5.02 Å². The zero-order valence-electron chi connectivity index (χ0n) is 10.8. The average Bonchev–Trinajstić information content (AvgIpc) is 3.26. The van der Waals surface area contributed by atoms with E-state index in [-0.39, 0.29) is 0 Å². The molecule has 0 amide bonds. The highest BCUT2D eigenvalue weighted by Gasteiger charge is 2.21. The molecule has 0 unspecified atom stereocenters. The fraction of sp³-hybridized carbons (Fsp3) is 0.267. The summed E-state index contributed by atoms with van der Waals surface area (Å²) in [5.41, 5.74) is 1.01. The molecule has 3 nitrogen and oxygen atoms in total. The minimum absolute atomic E-state index is 0.515. The van der Waals surface area contributed by atoms with Gasteiger partial charge in [-0.15, -0.1) is 0 Å². The second-order valence-corrected chi connectivity index (χ2v) is 5.64. The van der Waals surface area contributed by atoms with Gasteiger partial charge < -0.3 is 10.1 Å². The quantitative estimate of drug-likeness (QED) is 0.887. The molecule has 104 valence electrons. The van der Waals surface area contributed by atoms with Gasteiger partial charge >= 0.3 is 0 Å². The Morgan fingerprint density at radius 1 is 1.25 bits per heavy atom. The van der Waals surface area contributed by atoms with E-state index in [0.717, 1.165) is 12.1 Å². The van der Waals surface area contributed by atoms with Crippen LogP contribution < -0.4 is 10.1 Å². The van der Waals surface area contributed by atoms with Gasteiger partial charge in [0.25, 0.3) is 0 Å². The van der Waals surface area contributed by atoms with Crippen molar-refractivity contribution in [3.8, 4) is 11.6 Å². The van der Waals surface area contributed by atoms with Gasteiger partial charge in [0, 0.05) is 35.4 Å². The molecule has 2 aromatic rings. The Bertz CT molecular complexity index is 615. The second-order valence-electron chi connectivity index (χ2n) is 4.80. The van der Waals surface area contributed by atoms with Crippen LogP contribution in [0.2, 0.25) is 10.0 Å². The van der Waals surface area contributed by atoms with Gasteiger partial charge in [-0.25, -0.2) is 4.98 Å². The first-order valence-electron chi connectivity index (χ1n) is 6.52. The highest BCUT2D eigenvalue weighted by Crippen LogP contribution is 2.32. The highest BCUT2D eigenvalue weighted by molar-refractivity contribution is 6.34. The minimum atomic E-state index is 0.515. The Hall–Kier alpha value is -1.29. The molecular formula is C15H14Cl2N2O. The summed E-state index contributed by atoms with van der Waals surface area (Å²) in [6.45, 7) is 0.742. The molecule has 1 aromatic carbocycles. The molecule has 3 rings (SSSR count). The first-order chi connectivity index (χ1) is 9.72. The zero-order valence-corrected chi connectivity index (χ0v) is 12.3. The van der Waals surface area contributed by atoms with Crippen LogP contribution in [0.1, 0.15) is 18.4 Å². The molecule has 0 aliphatic heterocycles. The smallest absolute Gasteiger partial charge is 0.223 e. The summed E-state index contributed by atoms with van der Waals surface area (Å²) in [5.74, 6) is 1.08. The molecule has 0 atom stereocenters. The molecule has 5 heteroatoms. The Kier molecular flexibility index (Phi) is 4.10. The molecule has 0 saturated heterocycles. The van der Waals surface area contributed by atoms with E-state index in [4.69, 9.17) is 27.9 Å². The predicted octanol–water partition coefficient (Wildman–Crippen LogP) is 4.43. The lowest BCUT2D eigenvalue weighted by molar-refractivity contribution is 0.453. The number of hydrogen-bond acceptors (Lipinski definition) is 3. The van der Waals surface area contributed by atoms with Crippen LogP contribution >= 0.6 is 23.2 Å². The van der Waals surface area contributed by atoms with Crippen molar-refractivity contribution in [3.63, 3.8) is 0 Å². The summed E-state index contributed by atoms with van der Waals surface area (Å²) in [4.78, 5) is 4.28. The molecule has 1 fully saturated rings. The fourth-order valence-electron chi connectivity index (χ4n) is 1.85. The zero-order chi connectivity index (χ0) is 13.9. The monoisotopic (exact) mass is 308 g/mol. The number of benzene rings is 1. The topological polar surface area (TPSA) is 34.1 Å². The van der Waals surface area contributed by atoms with Gasteiger partial charge in [0.1, 0.15) is 5.75 Å². The summed E-state index contributed by atoms with van der Waals surface area (Å²) in [6.07, 6.45) is 4.20. The van der Waals surface area contributed by atoms with Crippen molar-refractivity contribution in [3.05, 3.63) is 52.1 Å². The fourth-order valence-corrected chi connectivity index (χ4v) is 2.17. The van der Waals surface area contributed by atoms with Crippen molar-refractivity contribution in [1.29, 1.82) is 0 Å². The number of nitrogens with one attached hydrogen (secondary N) is 1. The van der Waals surface area contributed by atoms with Crippen LogP contribution in [0, 0.1) is 0 Å². The maximum atomic E-state index is 6.11. The molecule has 20 heavy (non-hydrogen) atoms. The molecule has 1 saturated carbocycles. The predicted molar refractivity (Wildman–Crippen MR) is 80.6 cm³/mol. The van der Waals surface area contributed by atoms with Gasteiger partial charge in [-0.1, -0.05) is 29.3 Å². The number of nitrogens with zero attached hydrogens (tertiary/aromatic N) is 1. The molecular weight excluding hydrogens is 295 g/mol. The SMILES string of the molecule is Clc1ccc(Cl)c(Oc2ncccc2CNC2CC2)c1. The first kappa shape index (κ1) is 13.7. The summed E-state index contributed by atoms with van der Waals surface area (Å²) in [5, 5.41) is 4.54. The molecule has 1 N–H and O–H groups in total. The highest BCUT2D eigenvalue weighted by atomic mass is 35.5. The van der Waals surface area contributed by atoms with Gasteiger partial charge in [0.2, 0.25) is 5.88 Å². The third-order valence-electron chi connectivity index (χ3n) is 3.11. The van der Waals surface area contributed by atoms with Crippen molar-refractivity contribution in [1.82, 2.24) is 10.3 Å². The Morgan fingerprint density at radius 2 is 2.10 bits per heavy atom. The molecule has 0 spiro atoms. The Morgan fingerprint density at radius 3 is 2.90 bits per heavy atom. The average molecular weight is 309 g/mol. The van der Waals surface area contributed by atoms with E-state index < -0.39 is 0 Å². The van der Waals surface area contributed by atoms with E-state index in [0.29, 0.717) is 27.7 Å². The number of pyridine rings is 1. The van der Waals surface area contributed by atoms with E-state index in [1.165, 1.54) is 12.8 Å². The van der Waals surface area contributed by atoms with Crippen molar-refractivity contribution in [2.45, 2.75) is 25.4 Å². The van der Waals surface area contributed by atoms with E-state index in [1.54, 1.807) is 24.4 Å². The summed E-state index contributed by atoms with van der Waals surface area (Å²) < 4.78 is 5.81. The Labute approximate surface area is 127 Å². The molecule has 0 radical (unpaired) electrons. The van der Waals surface area contributed by atoms with Crippen molar-refractivity contribution in [2.75, 3.05) is 0 Å². The summed E-state index contributed by atoms with van der Waals surface area (Å²) in [6, 6.07) is 9.66.